The van der Waals surface area contributed by atoms with Crippen molar-refractivity contribution in [3.63, 3.8) is 0 Å². The zero-order valence-electron chi connectivity index (χ0n) is 15.5. The van der Waals surface area contributed by atoms with Gasteiger partial charge in [0, 0.05) is 32.0 Å². The van der Waals surface area contributed by atoms with Crippen LogP contribution in [-0.2, 0) is 4.79 Å². The number of ether oxygens (including phenoxy) is 3. The smallest absolute Gasteiger partial charge is 0.267 e. The van der Waals surface area contributed by atoms with Crippen LogP contribution in [0, 0.1) is 6.92 Å². The average molecular weight is 369 g/mol. The molecule has 7 heteroatoms. The summed E-state index contributed by atoms with van der Waals surface area (Å²) >= 11 is 0. The average Bonchev–Trinajstić information content (AvgIpc) is 2.69. The molecule has 1 fully saturated rings. The Morgan fingerprint density at radius 3 is 2.44 bits per heavy atom. The summed E-state index contributed by atoms with van der Waals surface area (Å²) in [4.78, 5) is 14.8. The van der Waals surface area contributed by atoms with E-state index in [4.69, 9.17) is 14.2 Å². The van der Waals surface area contributed by atoms with Crippen LogP contribution in [0.5, 0.6) is 17.4 Å². The Morgan fingerprint density at radius 2 is 1.78 bits per heavy atom. The molecule has 4 rings (SSSR count). The molecular formula is C20H23N3O4. The van der Waals surface area contributed by atoms with Crippen LogP contribution in [0.1, 0.15) is 25.5 Å². The molecule has 2 aromatic rings. The van der Waals surface area contributed by atoms with E-state index in [0.29, 0.717) is 30.5 Å². The first kappa shape index (κ1) is 17.6. The fourth-order valence-corrected chi connectivity index (χ4v) is 3.39. The van der Waals surface area contributed by atoms with Crippen molar-refractivity contribution in [2.75, 3.05) is 13.1 Å². The molecular weight excluding hydrogens is 346 g/mol. The summed E-state index contributed by atoms with van der Waals surface area (Å²) in [5.41, 5.74) is 0.855. The minimum absolute atomic E-state index is 0.0349. The van der Waals surface area contributed by atoms with Gasteiger partial charge >= 0.3 is 0 Å². The van der Waals surface area contributed by atoms with Gasteiger partial charge in [0.25, 0.3) is 5.91 Å². The molecule has 7 nitrogen and oxygen atoms in total. The second-order valence-corrected chi connectivity index (χ2v) is 6.96. The third kappa shape index (κ3) is 3.82. The van der Waals surface area contributed by atoms with Crippen LogP contribution in [0.4, 0.5) is 0 Å². The van der Waals surface area contributed by atoms with E-state index in [-0.39, 0.29) is 18.1 Å². The van der Waals surface area contributed by atoms with Crippen molar-refractivity contribution in [3.8, 4) is 17.4 Å². The number of aryl methyl sites for hydroxylation is 1. The number of likely N-dealkylation sites (tertiary alicyclic amines) is 1. The number of hydrogen-bond acceptors (Lipinski definition) is 6. The topological polar surface area (TPSA) is 73.8 Å². The molecule has 0 radical (unpaired) electrons. The first-order chi connectivity index (χ1) is 13.1. The van der Waals surface area contributed by atoms with Crippen LogP contribution in [0.3, 0.4) is 0 Å². The summed E-state index contributed by atoms with van der Waals surface area (Å²) in [7, 11) is 0. The van der Waals surface area contributed by atoms with E-state index in [1.165, 1.54) is 0 Å². The lowest BCUT2D eigenvalue weighted by Crippen LogP contribution is -2.53. The second-order valence-electron chi connectivity index (χ2n) is 6.96. The van der Waals surface area contributed by atoms with Crippen LogP contribution < -0.4 is 14.2 Å². The molecule has 1 saturated heterocycles. The van der Waals surface area contributed by atoms with Gasteiger partial charge in [-0.15, -0.1) is 5.10 Å². The molecule has 27 heavy (non-hydrogen) atoms. The van der Waals surface area contributed by atoms with E-state index in [9.17, 15) is 4.79 Å². The number of piperidine rings is 1. The number of carbonyl (C=O) groups excluding carboxylic acids is 1. The third-order valence-corrected chi connectivity index (χ3v) is 4.90. The highest BCUT2D eigenvalue weighted by atomic mass is 16.6. The van der Waals surface area contributed by atoms with E-state index >= 15 is 0 Å². The Labute approximate surface area is 158 Å². The van der Waals surface area contributed by atoms with Crippen LogP contribution in [0.25, 0.3) is 0 Å². The van der Waals surface area contributed by atoms with E-state index in [1.54, 1.807) is 0 Å². The highest BCUT2D eigenvalue weighted by Crippen LogP contribution is 2.34. The summed E-state index contributed by atoms with van der Waals surface area (Å²) in [5.74, 6) is 1.79. The van der Waals surface area contributed by atoms with Gasteiger partial charge in [-0.1, -0.05) is 12.1 Å². The lowest BCUT2D eigenvalue weighted by Gasteiger charge is -2.37. The van der Waals surface area contributed by atoms with E-state index in [0.717, 1.165) is 18.5 Å². The SMILES string of the molecule is Cc1ccc(OC2CCN(C(=O)C3Oc4ccccc4OC3C)CC2)nn1. The molecule has 0 N–H and O–H groups in total. The molecule has 2 aliphatic heterocycles. The predicted molar refractivity (Wildman–Crippen MR) is 97.9 cm³/mol. The van der Waals surface area contributed by atoms with Gasteiger partial charge < -0.3 is 19.1 Å². The highest BCUT2D eigenvalue weighted by Gasteiger charge is 2.38. The van der Waals surface area contributed by atoms with Crippen molar-refractivity contribution >= 4 is 5.91 Å². The van der Waals surface area contributed by atoms with Crippen LogP contribution in [0.2, 0.25) is 0 Å². The number of carbonyl (C=O) groups is 1. The van der Waals surface area contributed by atoms with E-state index in [1.807, 2.05) is 55.1 Å². The van der Waals surface area contributed by atoms with E-state index < -0.39 is 6.10 Å². The Balaban J connectivity index is 1.34. The van der Waals surface area contributed by atoms with Gasteiger partial charge in [-0.05, 0) is 32.0 Å². The Kier molecular flexibility index (Phi) is 4.83. The van der Waals surface area contributed by atoms with E-state index in [2.05, 4.69) is 10.2 Å². The van der Waals surface area contributed by atoms with Gasteiger partial charge in [0.1, 0.15) is 12.2 Å². The number of fused-ring (bicyclic) bond motifs is 1. The summed E-state index contributed by atoms with van der Waals surface area (Å²) in [6.07, 6.45) is 0.580. The maximum absolute atomic E-state index is 12.9. The maximum Gasteiger partial charge on any atom is 0.267 e. The number of amides is 1. The van der Waals surface area contributed by atoms with Gasteiger partial charge in [0.2, 0.25) is 12.0 Å². The lowest BCUT2D eigenvalue weighted by atomic mass is 10.1. The fraction of sp³-hybridized carbons (Fsp3) is 0.450. The van der Waals surface area contributed by atoms with Crippen molar-refractivity contribution in [2.45, 2.75) is 45.0 Å². The van der Waals surface area contributed by atoms with Crippen molar-refractivity contribution in [1.29, 1.82) is 0 Å². The second kappa shape index (κ2) is 7.42. The molecule has 1 aromatic carbocycles. The Bertz CT molecular complexity index is 803. The molecule has 2 atom stereocenters. The Morgan fingerprint density at radius 1 is 1.07 bits per heavy atom. The molecule has 1 amide bonds. The molecule has 3 heterocycles. The molecule has 0 saturated carbocycles. The number of benzene rings is 1. The quantitative estimate of drug-likeness (QED) is 0.827. The minimum atomic E-state index is -0.625. The molecule has 2 unspecified atom stereocenters. The number of rotatable bonds is 3. The van der Waals surface area contributed by atoms with Gasteiger partial charge in [-0.2, -0.15) is 5.10 Å². The van der Waals surface area contributed by atoms with Gasteiger partial charge in [0.15, 0.2) is 11.5 Å². The summed E-state index contributed by atoms with van der Waals surface area (Å²) in [6, 6.07) is 11.1. The van der Waals surface area contributed by atoms with Crippen molar-refractivity contribution < 1.29 is 19.0 Å². The molecule has 0 bridgehead atoms. The fourth-order valence-electron chi connectivity index (χ4n) is 3.39. The molecule has 0 aliphatic carbocycles. The molecule has 2 aliphatic rings. The number of hydrogen-bond donors (Lipinski definition) is 0. The predicted octanol–water partition coefficient (Wildman–Crippen LogP) is 2.38. The Hall–Kier alpha value is -2.83. The zero-order chi connectivity index (χ0) is 18.8. The van der Waals surface area contributed by atoms with Gasteiger partial charge in [-0.25, -0.2) is 0 Å². The lowest BCUT2D eigenvalue weighted by molar-refractivity contribution is -0.146. The van der Waals surface area contributed by atoms with Crippen molar-refractivity contribution in [2.24, 2.45) is 0 Å². The van der Waals surface area contributed by atoms with Gasteiger partial charge in [-0.3, -0.25) is 4.79 Å². The zero-order valence-corrected chi connectivity index (χ0v) is 15.5. The monoisotopic (exact) mass is 369 g/mol. The normalized spacial score (nSPS) is 22.4. The highest BCUT2D eigenvalue weighted by molar-refractivity contribution is 5.82. The van der Waals surface area contributed by atoms with Crippen molar-refractivity contribution in [3.05, 3.63) is 42.1 Å². The third-order valence-electron chi connectivity index (χ3n) is 4.90. The first-order valence-electron chi connectivity index (χ1n) is 9.28. The number of nitrogens with zero attached hydrogens (tertiary/aromatic N) is 3. The van der Waals surface area contributed by atoms with Gasteiger partial charge in [0.05, 0.1) is 5.69 Å². The summed E-state index contributed by atoms with van der Waals surface area (Å²) < 4.78 is 17.7. The largest absolute Gasteiger partial charge is 0.482 e. The first-order valence-corrected chi connectivity index (χ1v) is 9.28. The van der Waals surface area contributed by atoms with Crippen molar-refractivity contribution in [1.82, 2.24) is 15.1 Å². The summed E-state index contributed by atoms with van der Waals surface area (Å²) in [6.45, 7) is 5.00. The molecule has 142 valence electrons. The molecule has 1 aromatic heterocycles. The number of aromatic nitrogens is 2. The standard InChI is InChI=1S/C20H23N3O4/c1-13-7-8-18(22-21-13)26-15-9-11-23(12-10-15)20(24)19-14(2)25-16-5-3-4-6-17(16)27-19/h3-8,14-15,19H,9-12H2,1-2H3. The van der Waals surface area contributed by atoms with Crippen LogP contribution in [0.15, 0.2) is 36.4 Å². The number of para-hydroxylation sites is 2. The van der Waals surface area contributed by atoms with Crippen LogP contribution in [-0.4, -0.2) is 52.4 Å². The minimum Gasteiger partial charge on any atom is -0.482 e. The summed E-state index contributed by atoms with van der Waals surface area (Å²) in [5, 5.41) is 8.05. The molecule has 0 spiro atoms. The maximum atomic E-state index is 12.9. The van der Waals surface area contributed by atoms with Crippen LogP contribution >= 0.6 is 0 Å².